The van der Waals surface area contributed by atoms with E-state index in [0.717, 1.165) is 22.5 Å². The van der Waals surface area contributed by atoms with E-state index in [-0.39, 0.29) is 0 Å². The maximum atomic E-state index is 9.79. The van der Waals surface area contributed by atoms with E-state index in [4.69, 9.17) is 0 Å². The lowest BCUT2D eigenvalue weighted by Crippen LogP contribution is -2.32. The molecule has 3 rings (SSSR count). The first-order valence-electron chi connectivity index (χ1n) is 9.09. The Morgan fingerprint density at radius 2 is 0.893 bits per heavy atom. The van der Waals surface area contributed by atoms with Crippen LogP contribution in [0.1, 0.15) is 25.0 Å². The van der Waals surface area contributed by atoms with Crippen molar-refractivity contribution in [3.8, 4) is 12.1 Å². The van der Waals surface area contributed by atoms with Crippen molar-refractivity contribution in [1.82, 2.24) is 0 Å². The monoisotopic (exact) mass is 366 g/mol. The lowest BCUT2D eigenvalue weighted by molar-refractivity contribution is 0.690. The van der Waals surface area contributed by atoms with Crippen LogP contribution in [0, 0.1) is 22.7 Å². The molecule has 0 spiro atoms. The number of hydrogen-bond acceptors (Lipinski definition) is 4. The van der Waals surface area contributed by atoms with Crippen molar-refractivity contribution in [2.24, 2.45) is 0 Å². The van der Waals surface area contributed by atoms with Crippen molar-refractivity contribution in [3.63, 3.8) is 0 Å². The molecule has 0 bridgehead atoms. The molecule has 3 aromatic carbocycles. The van der Waals surface area contributed by atoms with E-state index in [1.807, 2.05) is 98.8 Å². The van der Waals surface area contributed by atoms with E-state index in [9.17, 15) is 10.5 Å². The van der Waals surface area contributed by atoms with Gasteiger partial charge in [-0.25, -0.2) is 0 Å². The van der Waals surface area contributed by atoms with E-state index < -0.39 is 11.1 Å². The van der Waals surface area contributed by atoms with E-state index in [1.165, 1.54) is 0 Å². The van der Waals surface area contributed by atoms with Gasteiger partial charge in [-0.3, -0.25) is 0 Å². The molecule has 2 atom stereocenters. The molecule has 4 heteroatoms. The normalized spacial score (nSPS) is 14.6. The lowest BCUT2D eigenvalue weighted by atomic mass is 9.88. The van der Waals surface area contributed by atoms with Crippen LogP contribution in [-0.4, -0.2) is 0 Å². The van der Waals surface area contributed by atoms with Gasteiger partial charge in [0, 0.05) is 11.4 Å². The van der Waals surface area contributed by atoms with Gasteiger partial charge >= 0.3 is 0 Å². The van der Waals surface area contributed by atoms with Crippen molar-refractivity contribution < 1.29 is 0 Å². The molecule has 0 amide bonds. The Morgan fingerprint density at radius 3 is 1.18 bits per heavy atom. The highest BCUT2D eigenvalue weighted by Gasteiger charge is 2.29. The molecule has 0 saturated heterocycles. The summed E-state index contributed by atoms with van der Waals surface area (Å²) in [5.41, 5.74) is 1.67. The smallest absolute Gasteiger partial charge is 0.148 e. The van der Waals surface area contributed by atoms with Gasteiger partial charge in [0.2, 0.25) is 0 Å². The fourth-order valence-corrected chi connectivity index (χ4v) is 3.09. The zero-order valence-electron chi connectivity index (χ0n) is 16.0. The number of para-hydroxylation sites is 2. The standard InChI is InChI=1S/C24H22N4/c1-23(17-25,27-21-9-5-3-6-10-21)19-13-15-20(16-14-19)24(2,18-26)28-22-11-7-4-8-12-22/h3-16,27-28H,1-2H3. The van der Waals surface area contributed by atoms with Crippen LogP contribution in [0.5, 0.6) is 0 Å². The van der Waals surface area contributed by atoms with Crippen LogP contribution >= 0.6 is 0 Å². The summed E-state index contributed by atoms with van der Waals surface area (Å²) in [4.78, 5) is 0. The minimum atomic E-state index is -0.879. The summed E-state index contributed by atoms with van der Waals surface area (Å²) in [6, 6.07) is 31.6. The molecule has 0 aliphatic heterocycles. The molecule has 0 saturated carbocycles. The van der Waals surface area contributed by atoms with Gasteiger partial charge in [-0.05, 0) is 49.2 Å². The van der Waals surface area contributed by atoms with E-state index in [1.54, 1.807) is 0 Å². The van der Waals surface area contributed by atoms with Crippen LogP contribution in [0.25, 0.3) is 0 Å². The minimum absolute atomic E-state index is 0.836. The van der Waals surface area contributed by atoms with Gasteiger partial charge in [0.15, 0.2) is 0 Å². The van der Waals surface area contributed by atoms with Crippen LogP contribution in [0.4, 0.5) is 11.4 Å². The maximum Gasteiger partial charge on any atom is 0.148 e. The maximum absolute atomic E-state index is 9.79. The average molecular weight is 366 g/mol. The molecule has 0 heterocycles. The Morgan fingerprint density at radius 1 is 0.571 bits per heavy atom. The third kappa shape index (κ3) is 3.98. The first kappa shape index (κ1) is 19.0. The van der Waals surface area contributed by atoms with E-state index in [2.05, 4.69) is 22.8 Å². The highest BCUT2D eigenvalue weighted by atomic mass is 15.0. The fraction of sp³-hybridized carbons (Fsp3) is 0.167. The van der Waals surface area contributed by atoms with Gasteiger partial charge in [-0.1, -0.05) is 60.7 Å². The Kier molecular flexibility index (Phi) is 5.34. The third-order valence-electron chi connectivity index (χ3n) is 4.82. The Bertz CT molecular complexity index is 916. The lowest BCUT2D eigenvalue weighted by Gasteiger charge is -2.28. The second-order valence-corrected chi connectivity index (χ2v) is 7.03. The number of rotatable bonds is 6. The van der Waals surface area contributed by atoms with Gasteiger partial charge < -0.3 is 10.6 Å². The minimum Gasteiger partial charge on any atom is -0.364 e. The molecule has 2 unspecified atom stereocenters. The second-order valence-electron chi connectivity index (χ2n) is 7.03. The Balaban J connectivity index is 1.87. The van der Waals surface area contributed by atoms with Crippen molar-refractivity contribution in [3.05, 3.63) is 96.1 Å². The van der Waals surface area contributed by atoms with E-state index >= 15 is 0 Å². The summed E-state index contributed by atoms with van der Waals surface area (Å²) in [5, 5.41) is 26.2. The number of nitrogens with zero attached hydrogens (tertiary/aromatic N) is 2. The molecule has 0 aromatic heterocycles. The van der Waals surface area contributed by atoms with Crippen molar-refractivity contribution in [1.29, 1.82) is 10.5 Å². The third-order valence-corrected chi connectivity index (χ3v) is 4.82. The number of benzene rings is 3. The topological polar surface area (TPSA) is 71.6 Å². The second kappa shape index (κ2) is 7.86. The van der Waals surface area contributed by atoms with Gasteiger partial charge in [-0.2, -0.15) is 10.5 Å². The molecule has 3 aromatic rings. The molecule has 28 heavy (non-hydrogen) atoms. The predicted octanol–water partition coefficient (Wildman–Crippen LogP) is 5.39. The molecule has 0 fully saturated rings. The molecule has 138 valence electrons. The largest absolute Gasteiger partial charge is 0.364 e. The summed E-state index contributed by atoms with van der Waals surface area (Å²) in [6.45, 7) is 3.70. The average Bonchev–Trinajstić information content (AvgIpc) is 2.75. The van der Waals surface area contributed by atoms with Gasteiger partial charge in [-0.15, -0.1) is 0 Å². The van der Waals surface area contributed by atoms with Crippen molar-refractivity contribution >= 4 is 11.4 Å². The molecule has 4 nitrogen and oxygen atoms in total. The van der Waals surface area contributed by atoms with Crippen LogP contribution in [0.2, 0.25) is 0 Å². The van der Waals surface area contributed by atoms with Crippen LogP contribution in [-0.2, 0) is 11.1 Å². The first-order valence-corrected chi connectivity index (χ1v) is 9.09. The predicted molar refractivity (Wildman–Crippen MR) is 113 cm³/mol. The zero-order valence-corrected chi connectivity index (χ0v) is 16.0. The van der Waals surface area contributed by atoms with Crippen LogP contribution < -0.4 is 10.6 Å². The summed E-state index contributed by atoms with van der Waals surface area (Å²) < 4.78 is 0. The summed E-state index contributed by atoms with van der Waals surface area (Å²) >= 11 is 0. The summed E-state index contributed by atoms with van der Waals surface area (Å²) in [6.07, 6.45) is 0. The molecular weight excluding hydrogens is 344 g/mol. The summed E-state index contributed by atoms with van der Waals surface area (Å²) in [7, 11) is 0. The van der Waals surface area contributed by atoms with Crippen LogP contribution in [0.15, 0.2) is 84.9 Å². The highest BCUT2D eigenvalue weighted by molar-refractivity contribution is 5.53. The zero-order chi connectivity index (χ0) is 20.0. The van der Waals surface area contributed by atoms with Crippen molar-refractivity contribution in [2.75, 3.05) is 10.6 Å². The highest BCUT2D eigenvalue weighted by Crippen LogP contribution is 2.30. The van der Waals surface area contributed by atoms with Gasteiger partial charge in [0.05, 0.1) is 12.1 Å². The number of anilines is 2. The molecular formula is C24H22N4. The molecule has 0 aliphatic carbocycles. The van der Waals surface area contributed by atoms with Crippen molar-refractivity contribution in [2.45, 2.75) is 24.9 Å². The number of hydrogen-bond donors (Lipinski definition) is 2. The molecule has 0 aliphatic rings. The van der Waals surface area contributed by atoms with Gasteiger partial charge in [0.1, 0.15) is 11.1 Å². The fourth-order valence-electron chi connectivity index (χ4n) is 3.09. The van der Waals surface area contributed by atoms with Crippen LogP contribution in [0.3, 0.4) is 0 Å². The Hall–Kier alpha value is -3.76. The molecule has 2 N–H and O–H groups in total. The number of nitrogens with one attached hydrogen (secondary N) is 2. The van der Waals surface area contributed by atoms with E-state index in [0.29, 0.717) is 0 Å². The number of nitriles is 2. The Labute approximate surface area is 166 Å². The first-order chi connectivity index (χ1) is 13.5. The quantitative estimate of drug-likeness (QED) is 0.614. The SMILES string of the molecule is CC(C#N)(Nc1ccccc1)c1ccc(C(C)(C#N)Nc2ccccc2)cc1. The molecule has 0 radical (unpaired) electrons. The summed E-state index contributed by atoms with van der Waals surface area (Å²) in [5.74, 6) is 0. The van der Waals surface area contributed by atoms with Gasteiger partial charge in [0.25, 0.3) is 0 Å².